The molecule has 2 aliphatic heterocycles. The number of halogens is 1. The van der Waals surface area contributed by atoms with Crippen LogP contribution in [0.2, 0.25) is 5.02 Å². The van der Waals surface area contributed by atoms with Gasteiger partial charge in [-0.15, -0.1) is 0 Å². The van der Waals surface area contributed by atoms with E-state index in [-0.39, 0.29) is 23.8 Å². The molecule has 0 spiro atoms. The quantitative estimate of drug-likeness (QED) is 0.595. The summed E-state index contributed by atoms with van der Waals surface area (Å²) in [5.41, 5.74) is 2.62. The van der Waals surface area contributed by atoms with Crippen LogP contribution in [0.3, 0.4) is 0 Å². The molecule has 3 aliphatic rings. The summed E-state index contributed by atoms with van der Waals surface area (Å²) < 4.78 is 0. The third-order valence-electron chi connectivity index (χ3n) is 8.00. The molecule has 198 valence electrons. The Morgan fingerprint density at radius 1 is 1.19 bits per heavy atom. The zero-order valence-electron chi connectivity index (χ0n) is 21.4. The first kappa shape index (κ1) is 25.9. The Morgan fingerprint density at radius 2 is 1.92 bits per heavy atom. The van der Waals surface area contributed by atoms with Crippen molar-refractivity contribution in [2.75, 3.05) is 50.7 Å². The lowest BCUT2D eigenvalue weighted by Gasteiger charge is -2.39. The molecule has 37 heavy (non-hydrogen) atoms. The van der Waals surface area contributed by atoms with Gasteiger partial charge in [-0.1, -0.05) is 30.7 Å². The van der Waals surface area contributed by atoms with E-state index in [1.807, 2.05) is 21.9 Å². The molecule has 2 saturated heterocycles. The van der Waals surface area contributed by atoms with Crippen molar-refractivity contribution in [2.45, 2.75) is 50.7 Å². The number of fused-ring (bicyclic) bond motifs is 1. The lowest BCUT2D eigenvalue weighted by Crippen LogP contribution is -2.52. The minimum atomic E-state index is -0.547. The second-order valence-corrected chi connectivity index (χ2v) is 10.8. The highest BCUT2D eigenvalue weighted by Crippen LogP contribution is 2.42. The second kappa shape index (κ2) is 10.9. The van der Waals surface area contributed by atoms with E-state index in [2.05, 4.69) is 27.1 Å². The molecule has 2 amide bonds. The molecule has 1 aliphatic carbocycles. The summed E-state index contributed by atoms with van der Waals surface area (Å²) in [5.74, 6) is 0.603. The number of piperazine rings is 1. The fourth-order valence-electron chi connectivity index (χ4n) is 5.97. The van der Waals surface area contributed by atoms with Crippen LogP contribution in [0.15, 0.2) is 30.6 Å². The maximum absolute atomic E-state index is 13.9. The molecule has 0 unspecified atom stereocenters. The first-order valence-electron chi connectivity index (χ1n) is 13.1. The molecule has 3 heterocycles. The van der Waals surface area contributed by atoms with E-state index in [0.29, 0.717) is 44.2 Å². The minimum Gasteiger partial charge on any atom is -0.387 e. The SMILES string of the molecule is CC(=O)N(C[C@@H](C(=O)N1CCN(c2ncnc3c2[C@H](C)C[C@H]3O)CC1)c1ccc(Cl)cc1)[C@H]1CCNC1. The molecule has 1 aromatic heterocycles. The van der Waals surface area contributed by atoms with Gasteiger partial charge in [-0.05, 0) is 43.0 Å². The number of aliphatic hydroxyl groups excluding tert-OH is 1. The molecule has 5 rings (SSSR count). The number of nitrogens with zero attached hydrogens (tertiary/aromatic N) is 5. The predicted octanol–water partition coefficient (Wildman–Crippen LogP) is 2.31. The number of aromatic nitrogens is 2. The van der Waals surface area contributed by atoms with Crippen molar-refractivity contribution in [3.63, 3.8) is 0 Å². The molecule has 2 fully saturated rings. The molecule has 0 saturated carbocycles. The summed E-state index contributed by atoms with van der Waals surface area (Å²) in [6.45, 7) is 8.05. The molecule has 2 N–H and O–H groups in total. The van der Waals surface area contributed by atoms with Crippen LogP contribution in [0.5, 0.6) is 0 Å². The zero-order valence-corrected chi connectivity index (χ0v) is 22.2. The van der Waals surface area contributed by atoms with E-state index in [1.54, 1.807) is 19.1 Å². The van der Waals surface area contributed by atoms with Crippen molar-refractivity contribution in [3.8, 4) is 0 Å². The number of aliphatic hydroxyl groups is 1. The summed E-state index contributed by atoms with van der Waals surface area (Å²) in [7, 11) is 0. The molecule has 0 bridgehead atoms. The van der Waals surface area contributed by atoms with Gasteiger partial charge in [0.1, 0.15) is 12.1 Å². The van der Waals surface area contributed by atoms with Crippen molar-refractivity contribution in [3.05, 3.63) is 52.4 Å². The van der Waals surface area contributed by atoms with Crippen LogP contribution in [0, 0.1) is 0 Å². The zero-order chi connectivity index (χ0) is 26.1. The van der Waals surface area contributed by atoms with Crippen LogP contribution in [-0.2, 0) is 9.59 Å². The Balaban J connectivity index is 1.33. The van der Waals surface area contributed by atoms with Gasteiger partial charge in [0.25, 0.3) is 0 Å². The predicted molar refractivity (Wildman–Crippen MR) is 142 cm³/mol. The van der Waals surface area contributed by atoms with Crippen LogP contribution in [-0.4, -0.2) is 88.5 Å². The maximum Gasteiger partial charge on any atom is 0.232 e. The minimum absolute atomic E-state index is 0.0146. The summed E-state index contributed by atoms with van der Waals surface area (Å²) in [5, 5.41) is 14.3. The molecule has 10 heteroatoms. The average molecular weight is 527 g/mol. The summed E-state index contributed by atoms with van der Waals surface area (Å²) in [6, 6.07) is 7.48. The van der Waals surface area contributed by atoms with E-state index in [9.17, 15) is 14.7 Å². The third kappa shape index (κ3) is 5.30. The van der Waals surface area contributed by atoms with Crippen molar-refractivity contribution in [1.82, 2.24) is 25.1 Å². The summed E-state index contributed by atoms with van der Waals surface area (Å²) in [4.78, 5) is 41.4. The smallest absolute Gasteiger partial charge is 0.232 e. The fraction of sp³-hybridized carbons (Fsp3) is 0.556. The highest BCUT2D eigenvalue weighted by Gasteiger charge is 2.36. The van der Waals surface area contributed by atoms with Crippen LogP contribution >= 0.6 is 11.6 Å². The van der Waals surface area contributed by atoms with Gasteiger partial charge < -0.3 is 25.1 Å². The highest BCUT2D eigenvalue weighted by molar-refractivity contribution is 6.30. The Kier molecular flexibility index (Phi) is 7.65. The molecule has 9 nitrogen and oxygen atoms in total. The average Bonchev–Trinajstić information content (AvgIpc) is 3.53. The first-order chi connectivity index (χ1) is 17.8. The number of carbonyl (C=O) groups excluding carboxylic acids is 2. The van der Waals surface area contributed by atoms with Crippen LogP contribution < -0.4 is 10.2 Å². The van der Waals surface area contributed by atoms with Gasteiger partial charge in [0.2, 0.25) is 11.8 Å². The van der Waals surface area contributed by atoms with Gasteiger partial charge in [0.15, 0.2) is 0 Å². The molecule has 4 atom stereocenters. The standard InChI is InChI=1S/C27H35ClN6O3/c1-17-13-23(36)25-24(17)26(31-16-30-25)32-9-11-33(12-10-32)27(37)22(19-3-5-20(28)6-4-19)15-34(18(2)35)21-7-8-29-14-21/h3-6,16-17,21-23,29,36H,7-15H2,1-2H3/t17-,21+,22-,23-/m1/s1. The van der Waals surface area contributed by atoms with Gasteiger partial charge in [-0.25, -0.2) is 9.97 Å². The fourth-order valence-corrected chi connectivity index (χ4v) is 6.10. The van der Waals surface area contributed by atoms with E-state index in [0.717, 1.165) is 42.1 Å². The number of amides is 2. The molecular formula is C27H35ClN6O3. The third-order valence-corrected chi connectivity index (χ3v) is 8.25. The normalized spacial score (nSPS) is 24.2. The molecule has 1 aromatic carbocycles. The van der Waals surface area contributed by atoms with Crippen molar-refractivity contribution in [1.29, 1.82) is 0 Å². The van der Waals surface area contributed by atoms with Gasteiger partial charge >= 0.3 is 0 Å². The number of benzene rings is 1. The van der Waals surface area contributed by atoms with Crippen LogP contribution in [0.25, 0.3) is 0 Å². The Labute approximate surface area is 222 Å². The topological polar surface area (TPSA) is 102 Å². The lowest BCUT2D eigenvalue weighted by molar-refractivity contribution is -0.136. The van der Waals surface area contributed by atoms with Crippen molar-refractivity contribution < 1.29 is 14.7 Å². The van der Waals surface area contributed by atoms with E-state index in [1.165, 1.54) is 6.33 Å². The van der Waals surface area contributed by atoms with Gasteiger partial charge in [-0.3, -0.25) is 9.59 Å². The largest absolute Gasteiger partial charge is 0.387 e. The molecule has 2 aromatic rings. The number of rotatable bonds is 6. The van der Waals surface area contributed by atoms with Gasteiger partial charge in [0, 0.05) is 62.8 Å². The van der Waals surface area contributed by atoms with Gasteiger partial charge in [-0.2, -0.15) is 0 Å². The first-order valence-corrected chi connectivity index (χ1v) is 13.5. The van der Waals surface area contributed by atoms with E-state index in [4.69, 9.17) is 11.6 Å². The number of nitrogens with one attached hydrogen (secondary N) is 1. The van der Waals surface area contributed by atoms with Crippen LogP contribution in [0.1, 0.15) is 61.4 Å². The lowest BCUT2D eigenvalue weighted by atomic mass is 9.95. The number of hydrogen-bond acceptors (Lipinski definition) is 7. The highest BCUT2D eigenvalue weighted by atomic mass is 35.5. The maximum atomic E-state index is 13.9. The van der Waals surface area contributed by atoms with E-state index >= 15 is 0 Å². The number of anilines is 1. The molecular weight excluding hydrogens is 492 g/mol. The monoisotopic (exact) mass is 526 g/mol. The van der Waals surface area contributed by atoms with Crippen molar-refractivity contribution in [2.24, 2.45) is 0 Å². The second-order valence-electron chi connectivity index (χ2n) is 10.4. The number of carbonyl (C=O) groups is 2. The molecule has 0 radical (unpaired) electrons. The Morgan fingerprint density at radius 3 is 2.57 bits per heavy atom. The summed E-state index contributed by atoms with van der Waals surface area (Å²) >= 11 is 6.14. The Hall–Kier alpha value is -2.75. The van der Waals surface area contributed by atoms with Crippen molar-refractivity contribution >= 4 is 29.2 Å². The van der Waals surface area contributed by atoms with Gasteiger partial charge in [0.05, 0.1) is 17.7 Å². The summed E-state index contributed by atoms with van der Waals surface area (Å²) in [6.07, 6.45) is 2.52. The Bertz CT molecular complexity index is 1130. The van der Waals surface area contributed by atoms with E-state index < -0.39 is 12.0 Å². The number of hydrogen-bond donors (Lipinski definition) is 2. The van der Waals surface area contributed by atoms with Crippen LogP contribution in [0.4, 0.5) is 5.82 Å².